The zero-order chi connectivity index (χ0) is 21.3. The minimum Gasteiger partial charge on any atom is -0.489 e. The number of benzene rings is 2. The van der Waals surface area contributed by atoms with Crippen molar-refractivity contribution in [2.75, 3.05) is 0 Å². The molecule has 0 spiro atoms. The van der Waals surface area contributed by atoms with Gasteiger partial charge in [0.25, 0.3) is 5.56 Å². The van der Waals surface area contributed by atoms with E-state index in [-0.39, 0.29) is 23.1 Å². The standard InChI is InChI=1S/C25H29ClN2O2/c1-16(2)23(27)25(18-6-4-3-5-7-18)11-8-19(9-12-25)30-22-14-17-10-13-28-24(29)20(17)15-21(22)26/h3-7,10,13-16,19,23H,8-9,11-12,27H2,1-2H3,(H,28,29)/t19-,23-,25+/m1/s1. The molecule has 1 aliphatic carbocycles. The number of halogens is 1. The molecule has 1 aromatic heterocycles. The van der Waals surface area contributed by atoms with Gasteiger partial charge in [-0.05, 0) is 60.7 Å². The third-order valence-electron chi connectivity index (χ3n) is 6.65. The van der Waals surface area contributed by atoms with E-state index in [4.69, 9.17) is 22.1 Å². The molecule has 0 unspecified atom stereocenters. The van der Waals surface area contributed by atoms with Crippen molar-refractivity contribution in [1.82, 2.24) is 4.98 Å². The van der Waals surface area contributed by atoms with E-state index >= 15 is 0 Å². The fourth-order valence-electron chi connectivity index (χ4n) is 4.91. The highest BCUT2D eigenvalue weighted by atomic mass is 35.5. The number of rotatable bonds is 5. The molecule has 4 nitrogen and oxygen atoms in total. The Morgan fingerprint density at radius 1 is 1.13 bits per heavy atom. The van der Waals surface area contributed by atoms with Crippen LogP contribution in [0.1, 0.15) is 45.1 Å². The number of nitrogens with two attached hydrogens (primary N) is 1. The second-order valence-corrected chi connectivity index (χ2v) is 9.19. The van der Waals surface area contributed by atoms with Crippen molar-refractivity contribution in [3.63, 3.8) is 0 Å². The van der Waals surface area contributed by atoms with Crippen LogP contribution < -0.4 is 16.0 Å². The molecule has 0 radical (unpaired) electrons. The molecule has 0 amide bonds. The van der Waals surface area contributed by atoms with E-state index in [1.807, 2.05) is 12.1 Å². The Bertz CT molecular complexity index is 1070. The summed E-state index contributed by atoms with van der Waals surface area (Å²) in [5.41, 5.74) is 7.91. The van der Waals surface area contributed by atoms with Crippen LogP contribution in [-0.4, -0.2) is 17.1 Å². The van der Waals surface area contributed by atoms with E-state index in [0.717, 1.165) is 31.1 Å². The number of hydrogen-bond acceptors (Lipinski definition) is 3. The first-order valence-corrected chi connectivity index (χ1v) is 11.1. The molecule has 2 aromatic carbocycles. The van der Waals surface area contributed by atoms with Crippen molar-refractivity contribution in [2.24, 2.45) is 11.7 Å². The lowest BCUT2D eigenvalue weighted by molar-refractivity contribution is 0.0959. The fourth-order valence-corrected chi connectivity index (χ4v) is 5.11. The van der Waals surface area contributed by atoms with E-state index in [1.54, 1.807) is 12.3 Å². The molecular weight excluding hydrogens is 396 g/mol. The van der Waals surface area contributed by atoms with Crippen molar-refractivity contribution in [3.8, 4) is 5.75 Å². The van der Waals surface area contributed by atoms with Crippen LogP contribution in [0.5, 0.6) is 5.75 Å². The van der Waals surface area contributed by atoms with Crippen LogP contribution >= 0.6 is 11.6 Å². The highest BCUT2D eigenvalue weighted by molar-refractivity contribution is 6.32. The monoisotopic (exact) mass is 424 g/mol. The Morgan fingerprint density at radius 2 is 1.83 bits per heavy atom. The summed E-state index contributed by atoms with van der Waals surface area (Å²) < 4.78 is 6.32. The third-order valence-corrected chi connectivity index (χ3v) is 6.94. The van der Waals surface area contributed by atoms with Gasteiger partial charge in [0.15, 0.2) is 0 Å². The Balaban J connectivity index is 1.56. The highest BCUT2D eigenvalue weighted by Crippen LogP contribution is 2.44. The van der Waals surface area contributed by atoms with Gasteiger partial charge in [-0.15, -0.1) is 0 Å². The second-order valence-electron chi connectivity index (χ2n) is 8.79. The normalized spacial score (nSPS) is 22.9. The van der Waals surface area contributed by atoms with Gasteiger partial charge in [0.1, 0.15) is 5.75 Å². The van der Waals surface area contributed by atoms with Gasteiger partial charge in [-0.1, -0.05) is 55.8 Å². The Kier molecular flexibility index (Phi) is 5.90. The highest BCUT2D eigenvalue weighted by Gasteiger charge is 2.43. The summed E-state index contributed by atoms with van der Waals surface area (Å²) in [5.74, 6) is 1.04. The number of pyridine rings is 1. The van der Waals surface area contributed by atoms with Crippen LogP contribution in [0, 0.1) is 5.92 Å². The summed E-state index contributed by atoms with van der Waals surface area (Å²) in [7, 11) is 0. The molecule has 0 aliphatic heterocycles. The van der Waals surface area contributed by atoms with Gasteiger partial charge in [-0.25, -0.2) is 0 Å². The summed E-state index contributed by atoms with van der Waals surface area (Å²) in [4.78, 5) is 14.7. The molecule has 1 aliphatic rings. The smallest absolute Gasteiger partial charge is 0.255 e. The zero-order valence-electron chi connectivity index (χ0n) is 17.5. The average Bonchev–Trinajstić information content (AvgIpc) is 2.76. The molecule has 5 heteroatoms. The topological polar surface area (TPSA) is 68.1 Å². The molecular formula is C25H29ClN2O2. The van der Waals surface area contributed by atoms with Crippen molar-refractivity contribution >= 4 is 22.4 Å². The SMILES string of the molecule is CC(C)[C@@H](N)[C@]1(c2ccccc2)CC[C@H](Oc2cc3cc[nH]c(=O)c3cc2Cl)CC1. The Hall–Kier alpha value is -2.30. The fraction of sp³-hybridized carbons (Fsp3) is 0.400. The third kappa shape index (κ3) is 3.86. The molecule has 158 valence electrons. The van der Waals surface area contributed by atoms with E-state index in [9.17, 15) is 4.79 Å². The maximum absolute atomic E-state index is 12.0. The number of H-pyrrole nitrogens is 1. The van der Waals surface area contributed by atoms with Crippen LogP contribution in [0.15, 0.2) is 59.5 Å². The number of nitrogens with one attached hydrogen (secondary N) is 1. The van der Waals surface area contributed by atoms with Gasteiger partial charge in [0, 0.05) is 23.0 Å². The van der Waals surface area contributed by atoms with Crippen LogP contribution in [0.4, 0.5) is 0 Å². The summed E-state index contributed by atoms with van der Waals surface area (Å²) in [6.07, 6.45) is 5.51. The molecule has 0 saturated heterocycles. The van der Waals surface area contributed by atoms with E-state index < -0.39 is 0 Å². The molecule has 0 bridgehead atoms. The van der Waals surface area contributed by atoms with Crippen molar-refractivity contribution in [1.29, 1.82) is 0 Å². The maximum Gasteiger partial charge on any atom is 0.255 e. The first-order valence-electron chi connectivity index (χ1n) is 10.7. The number of fused-ring (bicyclic) bond motifs is 1. The molecule has 30 heavy (non-hydrogen) atoms. The molecule has 3 N–H and O–H groups in total. The number of aromatic amines is 1. The molecule has 1 saturated carbocycles. The van der Waals surface area contributed by atoms with E-state index in [1.165, 1.54) is 5.56 Å². The Morgan fingerprint density at radius 3 is 2.50 bits per heavy atom. The quantitative estimate of drug-likeness (QED) is 0.574. The molecule has 4 rings (SSSR count). The summed E-state index contributed by atoms with van der Waals surface area (Å²) in [6.45, 7) is 4.41. The lowest BCUT2D eigenvalue weighted by atomic mass is 9.62. The van der Waals surface area contributed by atoms with Gasteiger partial charge >= 0.3 is 0 Å². The number of hydrogen-bond donors (Lipinski definition) is 2. The van der Waals surface area contributed by atoms with Crippen LogP contribution in [0.3, 0.4) is 0 Å². The van der Waals surface area contributed by atoms with E-state index in [0.29, 0.717) is 22.1 Å². The van der Waals surface area contributed by atoms with Gasteiger partial charge in [-0.2, -0.15) is 0 Å². The first kappa shape index (κ1) is 21.0. The molecule has 1 heterocycles. The van der Waals surface area contributed by atoms with Crippen LogP contribution in [0.25, 0.3) is 10.8 Å². The number of aromatic nitrogens is 1. The van der Waals surface area contributed by atoms with Crippen LogP contribution in [-0.2, 0) is 5.41 Å². The van der Waals surface area contributed by atoms with Crippen molar-refractivity contribution in [2.45, 2.75) is 57.1 Å². The summed E-state index contributed by atoms with van der Waals surface area (Å²) in [5, 5.41) is 1.87. The zero-order valence-corrected chi connectivity index (χ0v) is 18.3. The maximum atomic E-state index is 12.0. The second kappa shape index (κ2) is 8.44. The predicted molar refractivity (Wildman–Crippen MR) is 123 cm³/mol. The minimum absolute atomic E-state index is 0.0320. The largest absolute Gasteiger partial charge is 0.489 e. The van der Waals surface area contributed by atoms with Crippen LogP contribution in [0.2, 0.25) is 5.02 Å². The van der Waals surface area contributed by atoms with Gasteiger partial charge < -0.3 is 15.5 Å². The summed E-state index contributed by atoms with van der Waals surface area (Å²) >= 11 is 6.44. The Labute approximate surface area is 182 Å². The molecule has 1 atom stereocenters. The van der Waals surface area contributed by atoms with Gasteiger partial charge in [0.05, 0.1) is 11.1 Å². The number of ether oxygens (including phenoxy) is 1. The van der Waals surface area contributed by atoms with Crippen molar-refractivity contribution < 1.29 is 4.74 Å². The lowest BCUT2D eigenvalue weighted by Crippen LogP contribution is -2.51. The summed E-state index contributed by atoms with van der Waals surface area (Å²) in [6, 6.07) is 16.2. The molecule has 3 aromatic rings. The van der Waals surface area contributed by atoms with Gasteiger partial charge in [0.2, 0.25) is 0 Å². The first-order chi connectivity index (χ1) is 14.4. The molecule has 1 fully saturated rings. The van der Waals surface area contributed by atoms with Crippen molar-refractivity contribution in [3.05, 3.63) is 75.7 Å². The lowest BCUT2D eigenvalue weighted by Gasteiger charge is -2.46. The predicted octanol–water partition coefficient (Wildman–Crippen LogP) is 5.42. The van der Waals surface area contributed by atoms with Gasteiger partial charge in [-0.3, -0.25) is 4.79 Å². The van der Waals surface area contributed by atoms with E-state index in [2.05, 4.69) is 49.2 Å². The average molecular weight is 425 g/mol. The minimum atomic E-state index is -0.145.